The maximum Gasteiger partial charge on any atom is 0.311 e. The van der Waals surface area contributed by atoms with E-state index in [1.54, 1.807) is 12.1 Å². The summed E-state index contributed by atoms with van der Waals surface area (Å²) in [5, 5.41) is 42.7. The Labute approximate surface area is 129 Å². The molecule has 0 heterocycles. The summed E-state index contributed by atoms with van der Waals surface area (Å²) >= 11 is 0. The van der Waals surface area contributed by atoms with E-state index in [2.05, 4.69) is 10.5 Å². The number of hydrazone groups is 1. The van der Waals surface area contributed by atoms with Gasteiger partial charge < -0.3 is 15.3 Å². The molecule has 2 aromatic rings. The molecule has 0 aliphatic rings. The van der Waals surface area contributed by atoms with E-state index in [9.17, 15) is 30.2 Å². The first-order chi connectivity index (χ1) is 10.9. The van der Waals surface area contributed by atoms with E-state index in [0.29, 0.717) is 0 Å². The average molecular weight is 317 g/mol. The fourth-order valence-corrected chi connectivity index (χ4v) is 1.72. The van der Waals surface area contributed by atoms with Gasteiger partial charge in [0, 0.05) is 17.7 Å². The number of nitro groups is 1. The van der Waals surface area contributed by atoms with E-state index in [-0.39, 0.29) is 16.9 Å². The third-order valence-corrected chi connectivity index (χ3v) is 2.84. The van der Waals surface area contributed by atoms with Gasteiger partial charge in [0.25, 0.3) is 5.91 Å². The Balaban J connectivity index is 2.18. The fraction of sp³-hybridized carbons (Fsp3) is 0. The molecule has 0 aromatic heterocycles. The van der Waals surface area contributed by atoms with Crippen LogP contribution in [0.3, 0.4) is 0 Å². The number of rotatable bonds is 4. The van der Waals surface area contributed by atoms with Gasteiger partial charge in [-0.1, -0.05) is 12.1 Å². The van der Waals surface area contributed by atoms with Gasteiger partial charge in [0.1, 0.15) is 11.5 Å². The standard InChI is InChI=1S/C14H11N3O6/c18-11-4-2-1-3-9(11)14(21)16-15-7-8-5-10(17(22)23)13(20)6-12(8)19/h1-7,18-20H,(H,16,21)/b15-7-. The quantitative estimate of drug-likeness (QED) is 0.381. The molecule has 4 N–H and O–H groups in total. The lowest BCUT2D eigenvalue weighted by Crippen LogP contribution is -2.17. The van der Waals surface area contributed by atoms with Crippen molar-refractivity contribution in [3.8, 4) is 17.2 Å². The third-order valence-electron chi connectivity index (χ3n) is 2.84. The Kier molecular flexibility index (Phi) is 4.41. The zero-order valence-corrected chi connectivity index (χ0v) is 11.5. The van der Waals surface area contributed by atoms with Gasteiger partial charge in [0.2, 0.25) is 0 Å². The largest absolute Gasteiger partial charge is 0.507 e. The number of nitro benzene ring substituents is 1. The average Bonchev–Trinajstić information content (AvgIpc) is 2.49. The van der Waals surface area contributed by atoms with Crippen LogP contribution in [0.15, 0.2) is 41.5 Å². The van der Waals surface area contributed by atoms with Crippen LogP contribution >= 0.6 is 0 Å². The highest BCUT2D eigenvalue weighted by atomic mass is 16.6. The van der Waals surface area contributed by atoms with Gasteiger partial charge >= 0.3 is 5.69 Å². The third kappa shape index (κ3) is 3.53. The van der Waals surface area contributed by atoms with Gasteiger partial charge in [-0.25, -0.2) is 5.43 Å². The summed E-state index contributed by atoms with van der Waals surface area (Å²) in [6.07, 6.45) is 0.972. The van der Waals surface area contributed by atoms with Crippen molar-refractivity contribution in [1.82, 2.24) is 5.43 Å². The number of aromatic hydroxyl groups is 3. The predicted molar refractivity (Wildman–Crippen MR) is 79.6 cm³/mol. The number of nitrogens with zero attached hydrogens (tertiary/aromatic N) is 2. The first kappa shape index (κ1) is 15.8. The minimum atomic E-state index is -0.827. The summed E-state index contributed by atoms with van der Waals surface area (Å²) in [4.78, 5) is 21.7. The maximum absolute atomic E-state index is 11.8. The molecule has 23 heavy (non-hydrogen) atoms. The molecular formula is C14H11N3O6. The van der Waals surface area contributed by atoms with Crippen LogP contribution in [0, 0.1) is 10.1 Å². The minimum Gasteiger partial charge on any atom is -0.507 e. The summed E-state index contributed by atoms with van der Waals surface area (Å²) in [6, 6.07) is 7.50. The van der Waals surface area contributed by atoms with Crippen molar-refractivity contribution < 1.29 is 25.0 Å². The fourth-order valence-electron chi connectivity index (χ4n) is 1.72. The number of amides is 1. The molecule has 0 atom stereocenters. The van der Waals surface area contributed by atoms with Crippen molar-refractivity contribution in [2.24, 2.45) is 5.10 Å². The monoisotopic (exact) mass is 317 g/mol. The number of hydrogen-bond donors (Lipinski definition) is 4. The second-order valence-electron chi connectivity index (χ2n) is 4.37. The molecular weight excluding hydrogens is 306 g/mol. The molecule has 0 fully saturated rings. The van der Waals surface area contributed by atoms with E-state index >= 15 is 0 Å². The Morgan fingerprint density at radius 1 is 1.13 bits per heavy atom. The highest BCUT2D eigenvalue weighted by Gasteiger charge is 2.16. The topological polar surface area (TPSA) is 145 Å². The number of phenols is 3. The van der Waals surface area contributed by atoms with E-state index in [1.807, 2.05) is 0 Å². The van der Waals surface area contributed by atoms with Crippen LogP contribution in [0.25, 0.3) is 0 Å². The molecule has 1 amide bonds. The van der Waals surface area contributed by atoms with Gasteiger partial charge in [-0.2, -0.15) is 5.10 Å². The Morgan fingerprint density at radius 2 is 1.83 bits per heavy atom. The Hall–Kier alpha value is -3.62. The van der Waals surface area contributed by atoms with Crippen molar-refractivity contribution in [3.63, 3.8) is 0 Å². The highest BCUT2D eigenvalue weighted by molar-refractivity contribution is 5.97. The van der Waals surface area contributed by atoms with Crippen LogP contribution in [0.5, 0.6) is 17.2 Å². The SMILES string of the molecule is O=C(N/N=C\c1cc([N+](=O)[O-])c(O)cc1O)c1ccccc1O. The normalized spacial score (nSPS) is 10.6. The molecule has 2 aromatic carbocycles. The molecule has 118 valence electrons. The minimum absolute atomic E-state index is 0.00874. The Bertz CT molecular complexity index is 803. The van der Waals surface area contributed by atoms with Gasteiger partial charge in [0.15, 0.2) is 5.75 Å². The lowest BCUT2D eigenvalue weighted by Gasteiger charge is -2.03. The van der Waals surface area contributed by atoms with Crippen molar-refractivity contribution in [1.29, 1.82) is 0 Å². The van der Waals surface area contributed by atoms with Gasteiger partial charge in [0.05, 0.1) is 16.7 Å². The van der Waals surface area contributed by atoms with E-state index < -0.39 is 28.0 Å². The van der Waals surface area contributed by atoms with Gasteiger partial charge in [-0.05, 0) is 12.1 Å². The van der Waals surface area contributed by atoms with E-state index in [0.717, 1.165) is 18.3 Å². The summed E-state index contributed by atoms with van der Waals surface area (Å²) in [5.74, 6) is -2.08. The smallest absolute Gasteiger partial charge is 0.311 e. The lowest BCUT2D eigenvalue weighted by atomic mass is 10.2. The second-order valence-corrected chi connectivity index (χ2v) is 4.37. The molecule has 9 nitrogen and oxygen atoms in total. The summed E-state index contributed by atoms with van der Waals surface area (Å²) in [6.45, 7) is 0. The van der Waals surface area contributed by atoms with E-state index in [4.69, 9.17) is 0 Å². The molecule has 0 radical (unpaired) electrons. The molecule has 0 unspecified atom stereocenters. The number of para-hydroxylation sites is 1. The second kappa shape index (κ2) is 6.43. The highest BCUT2D eigenvalue weighted by Crippen LogP contribution is 2.31. The number of hydrogen-bond acceptors (Lipinski definition) is 7. The van der Waals surface area contributed by atoms with Gasteiger partial charge in [-0.15, -0.1) is 0 Å². The van der Waals surface area contributed by atoms with Crippen LogP contribution in [-0.4, -0.2) is 32.4 Å². The van der Waals surface area contributed by atoms with Gasteiger partial charge in [-0.3, -0.25) is 14.9 Å². The lowest BCUT2D eigenvalue weighted by molar-refractivity contribution is -0.385. The van der Waals surface area contributed by atoms with Crippen molar-refractivity contribution in [2.45, 2.75) is 0 Å². The molecule has 0 aliphatic carbocycles. The molecule has 0 bridgehead atoms. The predicted octanol–water partition coefficient (Wildman–Crippen LogP) is 1.48. The molecule has 2 rings (SSSR count). The van der Waals surface area contributed by atoms with Crippen molar-refractivity contribution >= 4 is 17.8 Å². The first-order valence-electron chi connectivity index (χ1n) is 6.22. The number of benzene rings is 2. The first-order valence-corrected chi connectivity index (χ1v) is 6.22. The van der Waals surface area contributed by atoms with Crippen LogP contribution in [-0.2, 0) is 0 Å². The molecule has 0 aliphatic heterocycles. The summed E-state index contributed by atoms with van der Waals surface area (Å²) < 4.78 is 0. The zero-order chi connectivity index (χ0) is 17.0. The van der Waals surface area contributed by atoms with Crippen LogP contribution in [0.2, 0.25) is 0 Å². The number of carbonyl (C=O) groups is 1. The number of carbonyl (C=O) groups excluding carboxylic acids is 1. The van der Waals surface area contributed by atoms with Crippen LogP contribution < -0.4 is 5.43 Å². The summed E-state index contributed by atoms with van der Waals surface area (Å²) in [7, 11) is 0. The van der Waals surface area contributed by atoms with Crippen LogP contribution in [0.4, 0.5) is 5.69 Å². The number of phenolic OH excluding ortho intramolecular Hbond substituents is 3. The van der Waals surface area contributed by atoms with Crippen LogP contribution in [0.1, 0.15) is 15.9 Å². The maximum atomic E-state index is 11.8. The number of nitrogens with one attached hydrogen (secondary N) is 1. The van der Waals surface area contributed by atoms with E-state index in [1.165, 1.54) is 12.1 Å². The molecule has 0 saturated heterocycles. The molecule has 9 heteroatoms. The van der Waals surface area contributed by atoms with Crippen molar-refractivity contribution in [2.75, 3.05) is 0 Å². The van der Waals surface area contributed by atoms with Crippen molar-refractivity contribution in [3.05, 3.63) is 57.6 Å². The molecule has 0 spiro atoms. The Morgan fingerprint density at radius 3 is 2.48 bits per heavy atom. The zero-order valence-electron chi connectivity index (χ0n) is 11.5. The molecule has 0 saturated carbocycles. The summed E-state index contributed by atoms with van der Waals surface area (Å²) in [5.41, 5.74) is 1.41.